The van der Waals surface area contributed by atoms with Gasteiger partial charge in [0.2, 0.25) is 21.8 Å². The first-order chi connectivity index (χ1) is 15.4. The molecular weight excluding hydrogens is 462 g/mol. The van der Waals surface area contributed by atoms with Crippen LogP contribution in [0.1, 0.15) is 59.3 Å². The molecule has 3 saturated carbocycles. The molecule has 1 aromatic rings. The Morgan fingerprint density at radius 1 is 1.21 bits per heavy atom. The number of benzene rings is 1. The van der Waals surface area contributed by atoms with Crippen molar-refractivity contribution in [3.05, 3.63) is 29.3 Å². The standard InChI is InChI=1S/C24H34ClN3O4S/c1-4-28(33(31,32)20-8-6-5-7-18(20)25)23(2,3)22(30)27-19-12-17-10-9-15-11-16(19)14-24(17,13-15)21(26)29/h5-8,15-17,19H,4,9-14H2,1-3H3,(H2,26,29)(H,27,30). The second-order valence-corrected chi connectivity index (χ2v) is 12.8. The summed E-state index contributed by atoms with van der Waals surface area (Å²) in [6.45, 7) is 5.09. The number of primary amides is 1. The predicted octanol–water partition coefficient (Wildman–Crippen LogP) is 3.32. The van der Waals surface area contributed by atoms with E-state index in [4.69, 9.17) is 17.3 Å². The molecule has 0 aromatic heterocycles. The molecule has 3 N–H and O–H groups in total. The lowest BCUT2D eigenvalue weighted by molar-refractivity contribution is -0.149. The Morgan fingerprint density at radius 3 is 2.55 bits per heavy atom. The zero-order chi connectivity index (χ0) is 24.2. The topological polar surface area (TPSA) is 110 Å². The third kappa shape index (κ3) is 3.98. The van der Waals surface area contributed by atoms with Gasteiger partial charge in [0.15, 0.2) is 0 Å². The molecule has 3 bridgehead atoms. The molecule has 2 amide bonds. The van der Waals surface area contributed by atoms with Crippen LogP contribution < -0.4 is 11.1 Å². The summed E-state index contributed by atoms with van der Waals surface area (Å²) in [5.41, 5.74) is 4.11. The maximum atomic E-state index is 13.5. The van der Waals surface area contributed by atoms with Crippen LogP contribution in [0.4, 0.5) is 0 Å². The molecule has 7 nitrogen and oxygen atoms in total. The number of rotatable bonds is 7. The zero-order valence-electron chi connectivity index (χ0n) is 19.5. The molecule has 3 aliphatic carbocycles. The van der Waals surface area contributed by atoms with Crippen LogP contribution in [0, 0.1) is 23.2 Å². The van der Waals surface area contributed by atoms with Crippen molar-refractivity contribution in [1.82, 2.24) is 9.62 Å². The second kappa shape index (κ2) is 8.54. The first-order valence-electron chi connectivity index (χ1n) is 11.8. The summed E-state index contributed by atoms with van der Waals surface area (Å²) in [6, 6.07) is 6.19. The summed E-state index contributed by atoms with van der Waals surface area (Å²) < 4.78 is 28.1. The Kier molecular flexibility index (Phi) is 6.34. The van der Waals surface area contributed by atoms with Crippen LogP contribution in [0.2, 0.25) is 5.02 Å². The van der Waals surface area contributed by atoms with Crippen LogP contribution in [0.5, 0.6) is 0 Å². The highest BCUT2D eigenvalue weighted by molar-refractivity contribution is 7.89. The summed E-state index contributed by atoms with van der Waals surface area (Å²) in [7, 11) is -3.99. The van der Waals surface area contributed by atoms with Gasteiger partial charge in [0.05, 0.1) is 10.4 Å². The Bertz CT molecular complexity index is 1060. The molecule has 182 valence electrons. The van der Waals surface area contributed by atoms with Crippen LogP contribution in [0.25, 0.3) is 0 Å². The van der Waals surface area contributed by atoms with Gasteiger partial charge in [0.25, 0.3) is 0 Å². The van der Waals surface area contributed by atoms with E-state index in [1.807, 2.05) is 0 Å². The third-order valence-electron chi connectivity index (χ3n) is 8.41. The molecule has 0 spiro atoms. The molecule has 0 saturated heterocycles. The van der Waals surface area contributed by atoms with E-state index in [1.54, 1.807) is 32.9 Å². The van der Waals surface area contributed by atoms with Gasteiger partial charge >= 0.3 is 0 Å². The van der Waals surface area contributed by atoms with Crippen molar-refractivity contribution in [1.29, 1.82) is 0 Å². The smallest absolute Gasteiger partial charge is 0.245 e. The van der Waals surface area contributed by atoms with Gasteiger partial charge in [-0.05, 0) is 75.8 Å². The largest absolute Gasteiger partial charge is 0.369 e. The number of nitrogens with zero attached hydrogens (tertiary/aromatic N) is 1. The Morgan fingerprint density at radius 2 is 1.91 bits per heavy atom. The van der Waals surface area contributed by atoms with E-state index in [0.717, 1.165) is 25.7 Å². The van der Waals surface area contributed by atoms with Crippen LogP contribution in [-0.4, -0.2) is 42.7 Å². The fourth-order valence-electron chi connectivity index (χ4n) is 6.75. The second-order valence-electron chi connectivity index (χ2n) is 10.5. The molecular formula is C24H34ClN3O4S. The third-order valence-corrected chi connectivity index (χ3v) is 11.1. The van der Waals surface area contributed by atoms with Crippen molar-refractivity contribution in [2.24, 2.45) is 28.9 Å². The molecule has 3 fully saturated rings. The highest BCUT2D eigenvalue weighted by Gasteiger charge is 2.58. The number of sulfonamides is 1. The van der Waals surface area contributed by atoms with Crippen molar-refractivity contribution < 1.29 is 18.0 Å². The first-order valence-corrected chi connectivity index (χ1v) is 13.6. The number of fused-ring (bicyclic) bond motifs is 2. The number of amides is 2. The minimum absolute atomic E-state index is 0.0112. The average molecular weight is 496 g/mol. The van der Waals surface area contributed by atoms with Crippen molar-refractivity contribution >= 4 is 33.4 Å². The highest BCUT2D eigenvalue weighted by atomic mass is 35.5. The Labute approximate surface area is 201 Å². The Balaban J connectivity index is 1.57. The highest BCUT2D eigenvalue weighted by Crippen LogP contribution is 2.59. The van der Waals surface area contributed by atoms with E-state index in [9.17, 15) is 18.0 Å². The van der Waals surface area contributed by atoms with E-state index >= 15 is 0 Å². The van der Waals surface area contributed by atoms with E-state index in [0.29, 0.717) is 18.8 Å². The number of likely N-dealkylation sites (N-methyl/N-ethyl adjacent to an activating group) is 1. The summed E-state index contributed by atoms with van der Waals surface area (Å²) in [5, 5.41) is 3.30. The SMILES string of the molecule is CCN(C(C)(C)C(=O)NC1CC2CCC3CC1CC2(C(N)=O)C3)S(=O)(=O)c1ccccc1Cl. The number of carbonyl (C=O) groups excluding carboxylic acids is 2. The molecule has 0 heterocycles. The first kappa shape index (κ1) is 24.5. The van der Waals surface area contributed by atoms with Gasteiger partial charge in [-0.25, -0.2) is 8.42 Å². The Hall–Kier alpha value is -1.64. The predicted molar refractivity (Wildman–Crippen MR) is 127 cm³/mol. The molecule has 1 aromatic carbocycles. The number of hydrogen-bond acceptors (Lipinski definition) is 4. The lowest BCUT2D eigenvalue weighted by Gasteiger charge is -2.57. The van der Waals surface area contributed by atoms with E-state index in [2.05, 4.69) is 5.32 Å². The number of nitrogens with two attached hydrogens (primary N) is 1. The van der Waals surface area contributed by atoms with Crippen molar-refractivity contribution in [3.8, 4) is 0 Å². The quantitative estimate of drug-likeness (QED) is 0.604. The number of nitrogens with one attached hydrogen (secondary N) is 1. The van der Waals surface area contributed by atoms with Gasteiger partial charge in [0.1, 0.15) is 10.4 Å². The molecule has 5 unspecified atom stereocenters. The van der Waals surface area contributed by atoms with Crippen LogP contribution >= 0.6 is 11.6 Å². The van der Waals surface area contributed by atoms with E-state index < -0.39 is 21.0 Å². The van der Waals surface area contributed by atoms with Gasteiger partial charge in [-0.2, -0.15) is 4.31 Å². The van der Waals surface area contributed by atoms with Gasteiger partial charge in [-0.1, -0.05) is 37.1 Å². The minimum Gasteiger partial charge on any atom is -0.369 e. The lowest BCUT2D eigenvalue weighted by Crippen LogP contribution is -2.63. The van der Waals surface area contributed by atoms with Gasteiger partial charge in [-0.3, -0.25) is 9.59 Å². The summed E-state index contributed by atoms with van der Waals surface area (Å²) in [4.78, 5) is 25.9. The molecule has 0 aliphatic heterocycles. The average Bonchev–Trinajstić information content (AvgIpc) is 2.74. The molecule has 33 heavy (non-hydrogen) atoms. The van der Waals surface area contributed by atoms with E-state index in [1.165, 1.54) is 16.4 Å². The number of carbonyl (C=O) groups is 2. The van der Waals surface area contributed by atoms with Gasteiger partial charge in [0, 0.05) is 12.6 Å². The maximum absolute atomic E-state index is 13.5. The van der Waals surface area contributed by atoms with E-state index in [-0.39, 0.29) is 46.2 Å². The zero-order valence-corrected chi connectivity index (χ0v) is 21.1. The van der Waals surface area contributed by atoms with Crippen molar-refractivity contribution in [2.75, 3.05) is 6.54 Å². The normalized spacial score (nSPS) is 31.4. The lowest BCUT2D eigenvalue weighted by atomic mass is 9.48. The van der Waals surface area contributed by atoms with Gasteiger partial charge < -0.3 is 11.1 Å². The molecule has 0 radical (unpaired) electrons. The molecule has 5 atom stereocenters. The monoisotopic (exact) mass is 495 g/mol. The fourth-order valence-corrected chi connectivity index (χ4v) is 9.01. The summed E-state index contributed by atoms with van der Waals surface area (Å²) >= 11 is 6.18. The maximum Gasteiger partial charge on any atom is 0.245 e. The number of hydrogen-bond donors (Lipinski definition) is 2. The summed E-state index contributed by atoms with van der Waals surface area (Å²) in [6.07, 6.45) is 5.34. The van der Waals surface area contributed by atoms with Crippen LogP contribution in [0.15, 0.2) is 29.2 Å². The molecule has 4 rings (SSSR count). The molecule has 3 aliphatic rings. The van der Waals surface area contributed by atoms with Crippen LogP contribution in [0.3, 0.4) is 0 Å². The van der Waals surface area contributed by atoms with Crippen molar-refractivity contribution in [3.63, 3.8) is 0 Å². The number of halogens is 1. The van der Waals surface area contributed by atoms with Crippen LogP contribution in [-0.2, 0) is 19.6 Å². The summed E-state index contributed by atoms with van der Waals surface area (Å²) in [5.74, 6) is 0.286. The minimum atomic E-state index is -3.99. The molecule has 9 heteroatoms. The fraction of sp³-hybridized carbons (Fsp3) is 0.667. The van der Waals surface area contributed by atoms with Gasteiger partial charge in [-0.15, -0.1) is 0 Å². The van der Waals surface area contributed by atoms with Crippen molar-refractivity contribution in [2.45, 2.75) is 75.8 Å².